The van der Waals surface area contributed by atoms with Crippen molar-refractivity contribution in [3.63, 3.8) is 0 Å². The Morgan fingerprint density at radius 2 is 2.31 bits per heavy atom. The fourth-order valence-electron chi connectivity index (χ4n) is 0.887. The molecule has 1 N–H and O–H groups in total. The molecule has 1 rings (SSSR count). The van der Waals surface area contributed by atoms with Crippen LogP contribution in [0.5, 0.6) is 0 Å². The molecule has 0 atom stereocenters. The molecule has 4 nitrogen and oxygen atoms in total. The van der Waals surface area contributed by atoms with Gasteiger partial charge in [0.25, 0.3) is 5.88 Å². The summed E-state index contributed by atoms with van der Waals surface area (Å²) in [4.78, 5) is 0.950. The lowest BCUT2D eigenvalue weighted by molar-refractivity contribution is -0.679. The number of hydrogen-bond donors (Lipinski definition) is 1. The minimum Gasteiger partial charge on any atom is -0.281 e. The van der Waals surface area contributed by atoms with E-state index in [4.69, 9.17) is 4.55 Å². The molecule has 0 amide bonds. The third kappa shape index (κ3) is 3.75. The Hall–Kier alpha value is -0.590. The van der Waals surface area contributed by atoms with Crippen LogP contribution in [-0.2, 0) is 16.0 Å². The summed E-state index contributed by atoms with van der Waals surface area (Å²) in [5, 5.41) is 0. The van der Waals surface area contributed by atoms with Gasteiger partial charge in [0.1, 0.15) is 0 Å². The molecule has 6 heteroatoms. The second-order valence-corrected chi connectivity index (χ2v) is 4.77. The van der Waals surface area contributed by atoms with Crippen molar-refractivity contribution in [2.75, 3.05) is 6.26 Å². The van der Waals surface area contributed by atoms with E-state index >= 15 is 0 Å². The number of aromatic nitrogens is 1. The summed E-state index contributed by atoms with van der Waals surface area (Å²) >= 11 is 1.51. The van der Waals surface area contributed by atoms with E-state index < -0.39 is 16.0 Å². The highest BCUT2D eigenvalue weighted by Gasteiger charge is 2.12. The van der Waals surface area contributed by atoms with E-state index in [0.717, 1.165) is 4.90 Å². The van der Waals surface area contributed by atoms with Crippen LogP contribution in [-0.4, -0.2) is 19.2 Å². The van der Waals surface area contributed by atoms with Gasteiger partial charge in [-0.05, 0) is 12.3 Å². The number of rotatable bonds is 3. The summed E-state index contributed by atoms with van der Waals surface area (Å²) < 4.78 is 31.1. The Morgan fingerprint density at radius 3 is 2.85 bits per heavy atom. The fourth-order valence-corrected chi connectivity index (χ4v) is 1.88. The summed E-state index contributed by atoms with van der Waals surface area (Å²) in [6, 6.07) is 3.60. The molecular formula is C7H10NO3S2+. The Bertz CT molecular complexity index is 388. The molecule has 72 valence electrons. The average Bonchev–Trinajstić information content (AvgIpc) is 2.01. The monoisotopic (exact) mass is 220 g/mol. The zero-order valence-corrected chi connectivity index (χ0v) is 8.68. The highest BCUT2D eigenvalue weighted by Crippen LogP contribution is 2.09. The molecule has 0 saturated heterocycles. The fraction of sp³-hybridized carbons (Fsp3) is 0.286. The lowest BCUT2D eigenvalue weighted by Crippen LogP contribution is -2.36. The van der Waals surface area contributed by atoms with Crippen molar-refractivity contribution in [2.45, 2.75) is 10.8 Å². The third-order valence-corrected chi connectivity index (χ3v) is 2.72. The molecule has 13 heavy (non-hydrogen) atoms. The standard InChI is InChI=1S/C7H9NO3S2/c1-12-7-3-2-4-8(5-7)6-13(9,10)11/h2-5H,6H2,1H3/p+1. The molecule has 0 fully saturated rings. The van der Waals surface area contributed by atoms with Crippen LogP contribution in [0.25, 0.3) is 0 Å². The van der Waals surface area contributed by atoms with Gasteiger partial charge in [0.15, 0.2) is 12.4 Å². The van der Waals surface area contributed by atoms with Gasteiger partial charge < -0.3 is 0 Å². The van der Waals surface area contributed by atoms with Gasteiger partial charge in [0, 0.05) is 6.07 Å². The van der Waals surface area contributed by atoms with Gasteiger partial charge in [-0.1, -0.05) is 0 Å². The molecule has 0 radical (unpaired) electrons. The van der Waals surface area contributed by atoms with Crippen LogP contribution in [0.2, 0.25) is 0 Å². The maximum absolute atomic E-state index is 10.5. The van der Waals surface area contributed by atoms with Crippen molar-refractivity contribution in [3.8, 4) is 0 Å². The first-order valence-corrected chi connectivity index (χ1v) is 6.33. The molecule has 0 aromatic carbocycles. The van der Waals surface area contributed by atoms with Gasteiger partial charge in [-0.3, -0.25) is 4.55 Å². The molecule has 0 aliphatic carbocycles. The Morgan fingerprint density at radius 1 is 1.62 bits per heavy atom. The van der Waals surface area contributed by atoms with Crippen molar-refractivity contribution in [1.82, 2.24) is 0 Å². The molecule has 0 spiro atoms. The summed E-state index contributed by atoms with van der Waals surface area (Å²) in [6.45, 7) is 0. The van der Waals surface area contributed by atoms with Gasteiger partial charge in [0.05, 0.1) is 4.90 Å². The number of nitrogens with zero attached hydrogens (tertiary/aromatic N) is 1. The number of thioether (sulfide) groups is 1. The molecule has 1 aromatic rings. The van der Waals surface area contributed by atoms with Crippen molar-refractivity contribution >= 4 is 21.9 Å². The van der Waals surface area contributed by atoms with Crippen LogP contribution in [0, 0.1) is 0 Å². The largest absolute Gasteiger partial charge is 0.326 e. The predicted molar refractivity (Wildman–Crippen MR) is 50.0 cm³/mol. The molecule has 1 aromatic heterocycles. The average molecular weight is 220 g/mol. The van der Waals surface area contributed by atoms with E-state index in [1.807, 2.05) is 12.3 Å². The van der Waals surface area contributed by atoms with Crippen LogP contribution < -0.4 is 4.57 Å². The number of hydrogen-bond acceptors (Lipinski definition) is 3. The number of pyridine rings is 1. The SMILES string of the molecule is CSc1ccc[n+](CS(=O)(=O)O)c1. The van der Waals surface area contributed by atoms with Gasteiger partial charge in [-0.2, -0.15) is 13.0 Å². The molecule has 0 aliphatic rings. The molecule has 0 aliphatic heterocycles. The molecule has 0 unspecified atom stereocenters. The third-order valence-electron chi connectivity index (χ3n) is 1.38. The molecule has 1 heterocycles. The lowest BCUT2D eigenvalue weighted by atomic mass is 10.5. The maximum Gasteiger partial charge on any atom is 0.326 e. The Balaban J connectivity index is 2.90. The van der Waals surface area contributed by atoms with Gasteiger partial charge >= 0.3 is 10.1 Å². The van der Waals surface area contributed by atoms with Crippen LogP contribution >= 0.6 is 11.8 Å². The quantitative estimate of drug-likeness (QED) is 0.459. The lowest BCUT2D eigenvalue weighted by Gasteiger charge is -1.95. The van der Waals surface area contributed by atoms with E-state index in [2.05, 4.69) is 0 Å². The zero-order valence-electron chi connectivity index (χ0n) is 7.04. The van der Waals surface area contributed by atoms with E-state index in [1.165, 1.54) is 16.3 Å². The van der Waals surface area contributed by atoms with E-state index in [0.29, 0.717) is 0 Å². The first-order chi connectivity index (χ1) is 6.01. The smallest absolute Gasteiger partial charge is 0.281 e. The topological polar surface area (TPSA) is 58.2 Å². The van der Waals surface area contributed by atoms with Crippen molar-refractivity contribution < 1.29 is 17.5 Å². The summed E-state index contributed by atoms with van der Waals surface area (Å²) in [6.07, 6.45) is 5.15. The minimum absolute atomic E-state index is 0.401. The van der Waals surface area contributed by atoms with Crippen molar-refractivity contribution in [1.29, 1.82) is 0 Å². The van der Waals surface area contributed by atoms with E-state index in [-0.39, 0.29) is 0 Å². The minimum atomic E-state index is -3.95. The van der Waals surface area contributed by atoms with Crippen LogP contribution in [0.4, 0.5) is 0 Å². The van der Waals surface area contributed by atoms with Crippen LogP contribution in [0.15, 0.2) is 29.4 Å². The van der Waals surface area contributed by atoms with E-state index in [1.54, 1.807) is 18.5 Å². The van der Waals surface area contributed by atoms with Crippen LogP contribution in [0.3, 0.4) is 0 Å². The van der Waals surface area contributed by atoms with Gasteiger partial charge in [-0.25, -0.2) is 0 Å². The maximum atomic E-state index is 10.5. The highest BCUT2D eigenvalue weighted by atomic mass is 32.2. The summed E-state index contributed by atoms with van der Waals surface area (Å²) in [7, 11) is -3.95. The van der Waals surface area contributed by atoms with Crippen molar-refractivity contribution in [3.05, 3.63) is 24.5 Å². The van der Waals surface area contributed by atoms with Crippen LogP contribution in [0.1, 0.15) is 0 Å². The van der Waals surface area contributed by atoms with E-state index in [9.17, 15) is 8.42 Å². The first-order valence-electron chi connectivity index (χ1n) is 3.49. The van der Waals surface area contributed by atoms with Gasteiger partial charge in [0.2, 0.25) is 0 Å². The predicted octanol–water partition coefficient (Wildman–Crippen LogP) is 0.541. The Kier molecular flexibility index (Phi) is 3.29. The highest BCUT2D eigenvalue weighted by molar-refractivity contribution is 7.98. The normalized spacial score (nSPS) is 11.5. The molecule has 0 saturated carbocycles. The summed E-state index contributed by atoms with van der Waals surface area (Å²) in [5.74, 6) is -0.401. The molecule has 0 bridgehead atoms. The second kappa shape index (κ2) is 4.08. The zero-order chi connectivity index (χ0) is 9.90. The van der Waals surface area contributed by atoms with Crippen molar-refractivity contribution in [2.24, 2.45) is 0 Å². The van der Waals surface area contributed by atoms with Gasteiger partial charge in [-0.15, -0.1) is 11.8 Å². The molecular weight excluding hydrogens is 210 g/mol. The first kappa shape index (κ1) is 10.5. The second-order valence-electron chi connectivity index (χ2n) is 2.47. The Labute approximate surface area is 81.3 Å². The summed E-state index contributed by atoms with van der Waals surface area (Å²) in [5.41, 5.74) is 0.